The van der Waals surface area contributed by atoms with Gasteiger partial charge in [-0.3, -0.25) is 4.79 Å². The van der Waals surface area contributed by atoms with Crippen molar-refractivity contribution in [2.45, 2.75) is 38.1 Å². The fourth-order valence-corrected chi connectivity index (χ4v) is 3.13. The Labute approximate surface area is 132 Å². The number of carbonyl (C=O) groups excluding carboxylic acids is 1. The van der Waals surface area contributed by atoms with Crippen LogP contribution in [-0.4, -0.2) is 27.5 Å². The van der Waals surface area contributed by atoms with Crippen molar-refractivity contribution in [2.24, 2.45) is 5.92 Å². The van der Waals surface area contributed by atoms with E-state index >= 15 is 0 Å². The molecule has 2 unspecified atom stereocenters. The molecule has 114 valence electrons. The smallest absolute Gasteiger partial charge is 0.329 e. The van der Waals surface area contributed by atoms with Crippen molar-refractivity contribution in [2.75, 3.05) is 0 Å². The first-order valence-electron chi connectivity index (χ1n) is 6.71. The summed E-state index contributed by atoms with van der Waals surface area (Å²) < 4.78 is 0. The molecule has 2 N–H and O–H groups in total. The van der Waals surface area contributed by atoms with E-state index in [9.17, 15) is 14.7 Å². The Hall–Kier alpha value is -1.33. The van der Waals surface area contributed by atoms with Crippen molar-refractivity contribution in [3.8, 4) is 0 Å². The summed E-state index contributed by atoms with van der Waals surface area (Å²) in [5.74, 6) is -1.31. The maximum atomic E-state index is 12.4. The molecule has 5 nitrogen and oxygen atoms in total. The number of aliphatic carboxylic acids is 1. The second kappa shape index (κ2) is 6.20. The van der Waals surface area contributed by atoms with Crippen LogP contribution in [0.5, 0.6) is 0 Å². The minimum Gasteiger partial charge on any atom is -0.480 e. The van der Waals surface area contributed by atoms with E-state index in [1.165, 1.54) is 12.3 Å². The summed E-state index contributed by atoms with van der Waals surface area (Å²) in [7, 11) is 0. The van der Waals surface area contributed by atoms with E-state index in [0.717, 1.165) is 12.8 Å². The summed E-state index contributed by atoms with van der Waals surface area (Å²) in [6, 6.07) is 1.33. The van der Waals surface area contributed by atoms with Gasteiger partial charge < -0.3 is 10.4 Å². The van der Waals surface area contributed by atoms with Crippen molar-refractivity contribution in [3.63, 3.8) is 0 Å². The largest absolute Gasteiger partial charge is 0.480 e. The average molecular weight is 331 g/mol. The third-order valence-corrected chi connectivity index (χ3v) is 4.33. The van der Waals surface area contributed by atoms with Gasteiger partial charge in [0.2, 0.25) is 0 Å². The van der Waals surface area contributed by atoms with Crippen molar-refractivity contribution in [1.82, 2.24) is 10.3 Å². The fraction of sp³-hybridized carbons (Fsp3) is 0.500. The molecule has 0 spiro atoms. The van der Waals surface area contributed by atoms with Crippen molar-refractivity contribution < 1.29 is 14.7 Å². The normalized spacial score (nSPS) is 25.4. The number of nitrogens with zero attached hydrogens (tertiary/aromatic N) is 1. The highest BCUT2D eigenvalue weighted by Gasteiger charge is 2.43. The maximum absolute atomic E-state index is 12.4. The van der Waals surface area contributed by atoms with Gasteiger partial charge in [0, 0.05) is 6.20 Å². The molecule has 1 aromatic heterocycles. The number of carbonyl (C=O) groups is 2. The second-order valence-electron chi connectivity index (χ2n) is 5.53. The van der Waals surface area contributed by atoms with E-state index < -0.39 is 17.4 Å². The van der Waals surface area contributed by atoms with Gasteiger partial charge in [0.25, 0.3) is 5.91 Å². The lowest BCUT2D eigenvalue weighted by molar-refractivity contribution is -0.146. The number of carboxylic acids is 1. The van der Waals surface area contributed by atoms with Crippen LogP contribution in [0.4, 0.5) is 0 Å². The summed E-state index contributed by atoms with van der Waals surface area (Å²) in [5.41, 5.74) is -1.11. The first-order chi connectivity index (χ1) is 9.84. The SMILES string of the molecule is CC1CCCC(NC(=O)c2cc(Cl)ncc2Cl)(C(=O)O)C1. The third kappa shape index (κ3) is 3.47. The van der Waals surface area contributed by atoms with Crippen LogP contribution in [0, 0.1) is 5.92 Å². The molecule has 1 fully saturated rings. The number of hydrogen-bond acceptors (Lipinski definition) is 3. The Morgan fingerprint density at radius 3 is 2.81 bits per heavy atom. The predicted octanol–water partition coefficient (Wildman–Crippen LogP) is 3.15. The topological polar surface area (TPSA) is 79.3 Å². The highest BCUT2D eigenvalue weighted by molar-refractivity contribution is 6.35. The van der Waals surface area contributed by atoms with Crippen LogP contribution in [0.2, 0.25) is 10.2 Å². The molecule has 2 atom stereocenters. The lowest BCUT2D eigenvalue weighted by Crippen LogP contribution is -2.56. The van der Waals surface area contributed by atoms with E-state index in [4.69, 9.17) is 23.2 Å². The van der Waals surface area contributed by atoms with Gasteiger partial charge in [0.05, 0.1) is 10.6 Å². The fourth-order valence-electron chi connectivity index (χ4n) is 2.78. The van der Waals surface area contributed by atoms with Crippen molar-refractivity contribution in [1.29, 1.82) is 0 Å². The first kappa shape index (κ1) is 16.0. The molecule has 1 saturated carbocycles. The summed E-state index contributed by atoms with van der Waals surface area (Å²) in [6.45, 7) is 1.99. The zero-order chi connectivity index (χ0) is 15.6. The van der Waals surface area contributed by atoms with Crippen LogP contribution in [0.3, 0.4) is 0 Å². The van der Waals surface area contributed by atoms with Gasteiger partial charge in [-0.1, -0.05) is 43.0 Å². The second-order valence-corrected chi connectivity index (χ2v) is 6.32. The number of carboxylic acid groups (broad SMARTS) is 1. The monoisotopic (exact) mass is 330 g/mol. The van der Waals surface area contributed by atoms with Crippen LogP contribution in [0.15, 0.2) is 12.3 Å². The minimum absolute atomic E-state index is 0.130. The Bertz CT molecular complexity index is 579. The molecule has 1 heterocycles. The number of hydrogen-bond donors (Lipinski definition) is 2. The molecular formula is C14H16Cl2N2O3. The molecule has 21 heavy (non-hydrogen) atoms. The summed E-state index contributed by atoms with van der Waals surface area (Å²) in [5, 5.41) is 12.4. The summed E-state index contributed by atoms with van der Waals surface area (Å²) >= 11 is 11.7. The molecule has 0 aromatic carbocycles. The Morgan fingerprint density at radius 1 is 1.48 bits per heavy atom. The van der Waals surface area contributed by atoms with Crippen LogP contribution in [-0.2, 0) is 4.79 Å². The van der Waals surface area contributed by atoms with Gasteiger partial charge in [-0.25, -0.2) is 9.78 Å². The highest BCUT2D eigenvalue weighted by Crippen LogP contribution is 2.33. The number of aromatic nitrogens is 1. The number of halogens is 2. The van der Waals surface area contributed by atoms with Gasteiger partial charge in [0.1, 0.15) is 10.7 Å². The average Bonchev–Trinajstić information content (AvgIpc) is 2.41. The minimum atomic E-state index is -1.24. The van der Waals surface area contributed by atoms with Crippen molar-refractivity contribution >= 4 is 35.1 Å². The first-order valence-corrected chi connectivity index (χ1v) is 7.46. The summed E-state index contributed by atoms with van der Waals surface area (Å²) in [6.07, 6.45) is 3.82. The summed E-state index contributed by atoms with van der Waals surface area (Å²) in [4.78, 5) is 27.8. The highest BCUT2D eigenvalue weighted by atomic mass is 35.5. The molecule has 1 aromatic rings. The van der Waals surface area contributed by atoms with Crippen molar-refractivity contribution in [3.05, 3.63) is 28.0 Å². The van der Waals surface area contributed by atoms with E-state index in [1.54, 1.807) is 0 Å². The Kier molecular flexibility index (Phi) is 4.74. The van der Waals surface area contributed by atoms with Crippen LogP contribution in [0.1, 0.15) is 43.0 Å². The van der Waals surface area contributed by atoms with E-state index in [1.807, 2.05) is 6.92 Å². The maximum Gasteiger partial charge on any atom is 0.329 e. The Morgan fingerprint density at radius 2 is 2.19 bits per heavy atom. The molecular weight excluding hydrogens is 315 g/mol. The Balaban J connectivity index is 2.27. The van der Waals surface area contributed by atoms with E-state index in [2.05, 4.69) is 10.3 Å². The van der Waals surface area contributed by atoms with Crippen LogP contribution in [0.25, 0.3) is 0 Å². The molecule has 2 rings (SSSR count). The van der Waals surface area contributed by atoms with Gasteiger partial charge in [0.15, 0.2) is 0 Å². The molecule has 1 aliphatic rings. The molecule has 0 radical (unpaired) electrons. The number of rotatable bonds is 3. The molecule has 7 heteroatoms. The van der Waals surface area contributed by atoms with Crippen LogP contribution < -0.4 is 5.32 Å². The molecule has 1 aliphatic carbocycles. The third-order valence-electron chi connectivity index (χ3n) is 3.83. The zero-order valence-electron chi connectivity index (χ0n) is 11.5. The van der Waals surface area contributed by atoms with Gasteiger partial charge >= 0.3 is 5.97 Å². The molecule has 0 aliphatic heterocycles. The lowest BCUT2D eigenvalue weighted by Gasteiger charge is -2.37. The van der Waals surface area contributed by atoms with Gasteiger partial charge in [-0.15, -0.1) is 0 Å². The number of nitrogens with one attached hydrogen (secondary N) is 1. The van der Waals surface area contributed by atoms with Crippen LogP contribution >= 0.6 is 23.2 Å². The quantitative estimate of drug-likeness (QED) is 0.834. The number of pyridine rings is 1. The van der Waals surface area contributed by atoms with E-state index in [0.29, 0.717) is 12.8 Å². The van der Waals surface area contributed by atoms with Gasteiger partial charge in [-0.05, 0) is 24.8 Å². The zero-order valence-corrected chi connectivity index (χ0v) is 13.0. The lowest BCUT2D eigenvalue weighted by atomic mass is 9.76. The standard InChI is InChI=1S/C14H16Cl2N2O3/c1-8-3-2-4-14(6-8,13(20)21)18-12(19)9-5-11(16)17-7-10(9)15/h5,7-8H,2-4,6H2,1H3,(H,18,19)(H,20,21). The predicted molar refractivity (Wildman–Crippen MR) is 79.7 cm³/mol. The van der Waals surface area contributed by atoms with Gasteiger partial charge in [-0.2, -0.15) is 0 Å². The molecule has 0 saturated heterocycles. The number of amides is 1. The van der Waals surface area contributed by atoms with E-state index in [-0.39, 0.29) is 21.7 Å². The molecule has 1 amide bonds. The molecule has 0 bridgehead atoms.